The fourth-order valence-corrected chi connectivity index (χ4v) is 3.40. The fourth-order valence-electron chi connectivity index (χ4n) is 3.40. The number of piperidine rings is 1. The molecule has 0 saturated carbocycles. The van der Waals surface area contributed by atoms with Crippen molar-refractivity contribution in [3.05, 3.63) is 29.8 Å². The van der Waals surface area contributed by atoms with E-state index in [4.69, 9.17) is 15.2 Å². The third kappa shape index (κ3) is 4.41. The SMILES string of the molecule is Cl.NCCCOC1CCN(C(=O)C2CCOc3ccccc32)CC1. The summed E-state index contributed by atoms with van der Waals surface area (Å²) in [6.45, 7) is 3.58. The molecule has 5 nitrogen and oxygen atoms in total. The highest BCUT2D eigenvalue weighted by molar-refractivity contribution is 5.85. The molecule has 1 aromatic rings. The molecule has 1 aromatic carbocycles. The van der Waals surface area contributed by atoms with E-state index in [-0.39, 0.29) is 30.3 Å². The summed E-state index contributed by atoms with van der Waals surface area (Å²) in [5.74, 6) is 1.04. The lowest BCUT2D eigenvalue weighted by atomic mass is 9.91. The molecule has 1 fully saturated rings. The third-order valence-electron chi connectivity index (χ3n) is 4.71. The summed E-state index contributed by atoms with van der Waals surface area (Å²) in [7, 11) is 0. The van der Waals surface area contributed by atoms with Crippen LogP contribution >= 0.6 is 12.4 Å². The van der Waals surface area contributed by atoms with Crippen LogP contribution in [0.5, 0.6) is 5.75 Å². The number of fused-ring (bicyclic) bond motifs is 1. The Bertz CT molecular complexity index is 533. The van der Waals surface area contributed by atoms with Gasteiger partial charge >= 0.3 is 0 Å². The Hall–Kier alpha value is -1.30. The molecule has 2 aliphatic rings. The maximum Gasteiger partial charge on any atom is 0.230 e. The van der Waals surface area contributed by atoms with Crippen molar-refractivity contribution in [1.29, 1.82) is 0 Å². The van der Waals surface area contributed by atoms with Crippen LogP contribution in [0, 0.1) is 0 Å². The van der Waals surface area contributed by atoms with Gasteiger partial charge in [-0.3, -0.25) is 4.79 Å². The van der Waals surface area contributed by atoms with Crippen LogP contribution in [0.1, 0.15) is 37.2 Å². The second kappa shape index (κ2) is 9.25. The van der Waals surface area contributed by atoms with Crippen molar-refractivity contribution in [1.82, 2.24) is 4.90 Å². The van der Waals surface area contributed by atoms with Crippen LogP contribution in [0.4, 0.5) is 0 Å². The first-order valence-corrected chi connectivity index (χ1v) is 8.62. The molecule has 6 heteroatoms. The summed E-state index contributed by atoms with van der Waals surface area (Å²) in [5.41, 5.74) is 6.52. The number of amides is 1. The number of benzene rings is 1. The standard InChI is InChI=1S/C18H26N2O3.ClH/c19-9-3-12-22-14-6-10-20(11-7-14)18(21)16-8-13-23-17-5-2-1-4-15(16)17;/h1-2,4-5,14,16H,3,6-13,19H2;1H. The van der Waals surface area contributed by atoms with E-state index in [1.807, 2.05) is 29.2 Å². The molecule has 2 heterocycles. The second-order valence-electron chi connectivity index (χ2n) is 6.27. The summed E-state index contributed by atoms with van der Waals surface area (Å²) in [6, 6.07) is 7.90. The molecule has 0 bridgehead atoms. The summed E-state index contributed by atoms with van der Waals surface area (Å²) >= 11 is 0. The average Bonchev–Trinajstić information content (AvgIpc) is 2.61. The monoisotopic (exact) mass is 354 g/mol. The predicted octanol–water partition coefficient (Wildman–Crippen LogP) is 2.33. The molecule has 24 heavy (non-hydrogen) atoms. The van der Waals surface area contributed by atoms with E-state index < -0.39 is 0 Å². The van der Waals surface area contributed by atoms with Gasteiger partial charge in [0.1, 0.15) is 5.75 Å². The number of carbonyl (C=O) groups excluding carboxylic acids is 1. The summed E-state index contributed by atoms with van der Waals surface area (Å²) < 4.78 is 11.5. The molecule has 2 aliphatic heterocycles. The van der Waals surface area contributed by atoms with Crippen molar-refractivity contribution in [3.63, 3.8) is 0 Å². The highest BCUT2D eigenvalue weighted by Gasteiger charge is 2.32. The summed E-state index contributed by atoms with van der Waals surface area (Å²) in [5, 5.41) is 0. The highest BCUT2D eigenvalue weighted by Crippen LogP contribution is 2.35. The van der Waals surface area contributed by atoms with Crippen LogP contribution in [-0.2, 0) is 9.53 Å². The molecule has 1 amide bonds. The van der Waals surface area contributed by atoms with Gasteiger partial charge in [-0.05, 0) is 38.3 Å². The van der Waals surface area contributed by atoms with Crippen LogP contribution in [0.15, 0.2) is 24.3 Å². The molecule has 0 aliphatic carbocycles. The van der Waals surface area contributed by atoms with E-state index in [1.54, 1.807) is 0 Å². The quantitative estimate of drug-likeness (QED) is 0.824. The molecule has 1 unspecified atom stereocenters. The van der Waals surface area contributed by atoms with Crippen LogP contribution in [0.25, 0.3) is 0 Å². The molecule has 2 N–H and O–H groups in total. The lowest BCUT2D eigenvalue weighted by Crippen LogP contribution is -2.44. The predicted molar refractivity (Wildman–Crippen MR) is 95.8 cm³/mol. The fraction of sp³-hybridized carbons (Fsp3) is 0.611. The van der Waals surface area contributed by atoms with Gasteiger partial charge in [0.2, 0.25) is 5.91 Å². The minimum absolute atomic E-state index is 0. The van der Waals surface area contributed by atoms with Gasteiger partial charge in [-0.2, -0.15) is 0 Å². The van der Waals surface area contributed by atoms with E-state index in [1.165, 1.54) is 0 Å². The minimum atomic E-state index is -0.0605. The Balaban J connectivity index is 0.00000208. The lowest BCUT2D eigenvalue weighted by molar-refractivity contribution is -0.136. The van der Waals surface area contributed by atoms with E-state index in [2.05, 4.69) is 0 Å². The van der Waals surface area contributed by atoms with Crippen molar-refractivity contribution in [2.45, 2.75) is 37.7 Å². The zero-order chi connectivity index (χ0) is 16.1. The van der Waals surface area contributed by atoms with Crippen molar-refractivity contribution >= 4 is 18.3 Å². The van der Waals surface area contributed by atoms with E-state index in [9.17, 15) is 4.79 Å². The normalized spacial score (nSPS) is 20.7. The zero-order valence-electron chi connectivity index (χ0n) is 14.0. The zero-order valence-corrected chi connectivity index (χ0v) is 14.8. The molecule has 1 atom stereocenters. The molecule has 1 saturated heterocycles. The maximum absolute atomic E-state index is 12.9. The summed E-state index contributed by atoms with van der Waals surface area (Å²) in [6.07, 6.45) is 3.77. The number of nitrogens with two attached hydrogens (primary N) is 1. The first-order chi connectivity index (χ1) is 11.3. The molecule has 134 valence electrons. The maximum atomic E-state index is 12.9. The average molecular weight is 355 g/mol. The smallest absolute Gasteiger partial charge is 0.230 e. The van der Waals surface area contributed by atoms with Crippen LogP contribution in [0.3, 0.4) is 0 Å². The molecular weight excluding hydrogens is 328 g/mol. The number of rotatable bonds is 5. The van der Waals surface area contributed by atoms with Gasteiger partial charge in [-0.25, -0.2) is 0 Å². The molecule has 0 aromatic heterocycles. The first kappa shape index (κ1) is 19.0. The first-order valence-electron chi connectivity index (χ1n) is 8.62. The van der Waals surface area contributed by atoms with Gasteiger partial charge in [-0.1, -0.05) is 18.2 Å². The van der Waals surface area contributed by atoms with Crippen molar-refractivity contribution in [3.8, 4) is 5.75 Å². The van der Waals surface area contributed by atoms with Gasteiger partial charge in [0.15, 0.2) is 0 Å². The number of ether oxygens (including phenoxy) is 2. The van der Waals surface area contributed by atoms with Crippen LogP contribution in [0.2, 0.25) is 0 Å². The third-order valence-corrected chi connectivity index (χ3v) is 4.71. The number of nitrogens with zero attached hydrogens (tertiary/aromatic N) is 1. The Kier molecular flexibility index (Phi) is 7.34. The molecular formula is C18H27ClN2O3. The van der Waals surface area contributed by atoms with E-state index >= 15 is 0 Å². The van der Waals surface area contributed by atoms with Crippen molar-refractivity contribution < 1.29 is 14.3 Å². The van der Waals surface area contributed by atoms with Gasteiger partial charge in [-0.15, -0.1) is 12.4 Å². The van der Waals surface area contributed by atoms with Crippen molar-refractivity contribution in [2.24, 2.45) is 5.73 Å². The highest BCUT2D eigenvalue weighted by atomic mass is 35.5. The lowest BCUT2D eigenvalue weighted by Gasteiger charge is -2.35. The Morgan fingerprint density at radius 3 is 2.75 bits per heavy atom. The van der Waals surface area contributed by atoms with Gasteiger partial charge < -0.3 is 20.1 Å². The van der Waals surface area contributed by atoms with E-state index in [0.717, 1.165) is 56.7 Å². The Morgan fingerprint density at radius 2 is 2.00 bits per heavy atom. The number of carbonyl (C=O) groups is 1. The molecule has 3 rings (SSSR count). The molecule has 0 radical (unpaired) electrons. The Morgan fingerprint density at radius 1 is 1.25 bits per heavy atom. The number of likely N-dealkylation sites (tertiary alicyclic amines) is 1. The van der Waals surface area contributed by atoms with E-state index in [0.29, 0.717) is 13.2 Å². The largest absolute Gasteiger partial charge is 0.493 e. The van der Waals surface area contributed by atoms with Gasteiger partial charge in [0, 0.05) is 25.3 Å². The number of hydrogen-bond donors (Lipinski definition) is 1. The Labute approximate surface area is 149 Å². The number of para-hydroxylation sites is 1. The van der Waals surface area contributed by atoms with Crippen LogP contribution < -0.4 is 10.5 Å². The number of hydrogen-bond acceptors (Lipinski definition) is 4. The van der Waals surface area contributed by atoms with Crippen molar-refractivity contribution in [2.75, 3.05) is 32.8 Å². The molecule has 0 spiro atoms. The second-order valence-corrected chi connectivity index (χ2v) is 6.27. The topological polar surface area (TPSA) is 64.8 Å². The summed E-state index contributed by atoms with van der Waals surface area (Å²) in [4.78, 5) is 14.9. The minimum Gasteiger partial charge on any atom is -0.493 e. The van der Waals surface area contributed by atoms with Crippen LogP contribution in [-0.4, -0.2) is 49.8 Å². The number of halogens is 1. The van der Waals surface area contributed by atoms with Gasteiger partial charge in [0.05, 0.1) is 18.6 Å². The van der Waals surface area contributed by atoms with Gasteiger partial charge in [0.25, 0.3) is 0 Å².